The predicted octanol–water partition coefficient (Wildman–Crippen LogP) is 10.6. The van der Waals surface area contributed by atoms with Gasteiger partial charge in [0.2, 0.25) is 5.91 Å². The molecule has 0 fully saturated rings. The Balaban J connectivity index is 1.65. The van der Waals surface area contributed by atoms with E-state index in [4.69, 9.17) is 27.8 Å². The van der Waals surface area contributed by atoms with Crippen molar-refractivity contribution < 1.29 is 35.7 Å². The molecule has 2 N–H and O–H groups in total. The molecule has 0 saturated heterocycles. The SMILES string of the molecule is CC(C)(C)/C=C/c1ccc(C(Cc2ccc(C(=O)CCCS(=O)(=O)O)cc2)C(=O)Nc2ccc(-c3ccc(Cl)cc3Cl)cc2CC(F)(F)F)cc1. The van der Waals surface area contributed by atoms with Crippen LogP contribution < -0.4 is 5.32 Å². The zero-order valence-electron chi connectivity index (χ0n) is 28.2. The molecule has 0 radical (unpaired) electrons. The monoisotopic (exact) mass is 759 g/mol. The highest BCUT2D eigenvalue weighted by Crippen LogP contribution is 2.35. The number of Topliss-reactive ketones (excluding diaryl/α,β-unsaturated/α-hetero) is 1. The van der Waals surface area contributed by atoms with E-state index in [-0.39, 0.29) is 46.7 Å². The molecule has 4 aromatic carbocycles. The third-order valence-electron chi connectivity index (χ3n) is 7.95. The van der Waals surface area contributed by atoms with Gasteiger partial charge in [-0.05, 0) is 70.3 Å². The van der Waals surface area contributed by atoms with Gasteiger partial charge in [0.05, 0.1) is 18.1 Å². The van der Waals surface area contributed by atoms with E-state index in [0.29, 0.717) is 32.8 Å². The van der Waals surface area contributed by atoms with Crippen LogP contribution in [-0.4, -0.2) is 36.6 Å². The minimum absolute atomic E-state index is 0.00623. The van der Waals surface area contributed by atoms with E-state index in [1.807, 2.05) is 30.3 Å². The number of amides is 1. The molecule has 4 aromatic rings. The molecule has 0 bridgehead atoms. The number of rotatable bonds is 13. The number of benzene rings is 4. The molecule has 0 aliphatic carbocycles. The Morgan fingerprint density at radius 1 is 0.902 bits per heavy atom. The number of alkyl halides is 3. The van der Waals surface area contributed by atoms with Gasteiger partial charge < -0.3 is 5.32 Å². The van der Waals surface area contributed by atoms with E-state index in [0.717, 1.165) is 5.56 Å². The number of carbonyl (C=O) groups excluding carboxylic acids is 2. The van der Waals surface area contributed by atoms with Crippen molar-refractivity contribution in [3.63, 3.8) is 0 Å². The lowest BCUT2D eigenvalue weighted by atomic mass is 9.89. The van der Waals surface area contributed by atoms with Crippen LogP contribution in [0.2, 0.25) is 10.0 Å². The molecular formula is C39H38Cl2F3NO5S. The molecule has 0 spiro atoms. The minimum atomic E-state index is -4.57. The van der Waals surface area contributed by atoms with E-state index < -0.39 is 40.3 Å². The number of ketones is 1. The van der Waals surface area contributed by atoms with Gasteiger partial charge in [-0.15, -0.1) is 0 Å². The van der Waals surface area contributed by atoms with Crippen molar-refractivity contribution in [2.24, 2.45) is 5.41 Å². The van der Waals surface area contributed by atoms with Crippen LogP contribution in [-0.2, 0) is 27.8 Å². The van der Waals surface area contributed by atoms with Crippen molar-refractivity contribution in [3.8, 4) is 11.1 Å². The molecule has 51 heavy (non-hydrogen) atoms. The Morgan fingerprint density at radius 2 is 1.57 bits per heavy atom. The predicted molar refractivity (Wildman–Crippen MR) is 198 cm³/mol. The van der Waals surface area contributed by atoms with E-state index in [1.165, 1.54) is 18.2 Å². The quantitative estimate of drug-likeness (QED) is 0.104. The van der Waals surface area contributed by atoms with Crippen LogP contribution in [0.25, 0.3) is 17.2 Å². The highest BCUT2D eigenvalue weighted by atomic mass is 35.5. The first-order chi connectivity index (χ1) is 23.8. The van der Waals surface area contributed by atoms with E-state index >= 15 is 0 Å². The van der Waals surface area contributed by atoms with Gasteiger partial charge in [-0.2, -0.15) is 21.6 Å². The summed E-state index contributed by atoms with van der Waals surface area (Å²) < 4.78 is 72.3. The molecule has 1 unspecified atom stereocenters. The summed E-state index contributed by atoms with van der Waals surface area (Å²) in [5, 5.41) is 3.39. The summed E-state index contributed by atoms with van der Waals surface area (Å²) in [5.41, 5.74) is 3.30. The Labute approximate surface area is 306 Å². The normalized spacial score (nSPS) is 13.0. The van der Waals surface area contributed by atoms with Crippen molar-refractivity contribution in [1.82, 2.24) is 0 Å². The van der Waals surface area contributed by atoms with Gasteiger partial charge in [0.25, 0.3) is 10.1 Å². The maximum atomic E-state index is 14.0. The Kier molecular flexibility index (Phi) is 13.0. The van der Waals surface area contributed by atoms with Crippen molar-refractivity contribution in [2.45, 2.75) is 58.5 Å². The Hall–Kier alpha value is -3.96. The summed E-state index contributed by atoms with van der Waals surface area (Å²) in [7, 11) is -4.18. The second kappa shape index (κ2) is 16.6. The number of hydrogen-bond acceptors (Lipinski definition) is 4. The third kappa shape index (κ3) is 12.6. The largest absolute Gasteiger partial charge is 0.393 e. The van der Waals surface area contributed by atoms with Crippen LogP contribution in [0.4, 0.5) is 18.9 Å². The zero-order chi connectivity index (χ0) is 37.6. The second-order valence-corrected chi connectivity index (χ2v) is 15.8. The molecular weight excluding hydrogens is 722 g/mol. The lowest BCUT2D eigenvalue weighted by Crippen LogP contribution is -2.24. The van der Waals surface area contributed by atoms with Crippen LogP contribution in [0, 0.1) is 5.41 Å². The molecule has 0 heterocycles. The fourth-order valence-electron chi connectivity index (χ4n) is 5.36. The highest BCUT2D eigenvalue weighted by molar-refractivity contribution is 7.85. The molecule has 1 atom stereocenters. The fourth-order valence-corrected chi connectivity index (χ4v) is 6.39. The first kappa shape index (κ1) is 39.8. The van der Waals surface area contributed by atoms with Crippen molar-refractivity contribution in [3.05, 3.63) is 129 Å². The second-order valence-electron chi connectivity index (χ2n) is 13.4. The Morgan fingerprint density at radius 3 is 2.16 bits per heavy atom. The summed E-state index contributed by atoms with van der Waals surface area (Å²) in [6.45, 7) is 6.21. The van der Waals surface area contributed by atoms with Crippen LogP contribution >= 0.6 is 23.2 Å². The fraction of sp³-hybridized carbons (Fsp3) is 0.282. The summed E-state index contributed by atoms with van der Waals surface area (Å²) in [5.74, 6) is -2.19. The van der Waals surface area contributed by atoms with Crippen LogP contribution in [0.5, 0.6) is 0 Å². The molecule has 0 aromatic heterocycles. The molecule has 4 rings (SSSR count). The zero-order valence-corrected chi connectivity index (χ0v) is 30.6. The van der Waals surface area contributed by atoms with Crippen LogP contribution in [0.3, 0.4) is 0 Å². The lowest BCUT2D eigenvalue weighted by Gasteiger charge is -2.21. The summed E-state index contributed by atoms with van der Waals surface area (Å²) in [4.78, 5) is 26.6. The van der Waals surface area contributed by atoms with Gasteiger partial charge in [-0.3, -0.25) is 14.1 Å². The van der Waals surface area contributed by atoms with Gasteiger partial charge in [-0.1, -0.05) is 117 Å². The topological polar surface area (TPSA) is 101 Å². The number of halogens is 5. The Bertz CT molecular complexity index is 2000. The van der Waals surface area contributed by atoms with E-state index in [1.54, 1.807) is 42.5 Å². The lowest BCUT2D eigenvalue weighted by molar-refractivity contribution is -0.127. The summed E-state index contributed by atoms with van der Waals surface area (Å²) >= 11 is 12.4. The number of allylic oxidation sites excluding steroid dienone is 1. The molecule has 12 heteroatoms. The van der Waals surface area contributed by atoms with Gasteiger partial charge in [0.1, 0.15) is 0 Å². The maximum Gasteiger partial charge on any atom is 0.393 e. The van der Waals surface area contributed by atoms with Crippen molar-refractivity contribution in [2.75, 3.05) is 11.1 Å². The average Bonchev–Trinajstić information content (AvgIpc) is 3.02. The molecule has 0 saturated carbocycles. The standard InChI is InChI=1S/C39H38Cl2F3NO5S/c1-38(2,3)19-18-25-6-10-27(11-7-25)33(21-26-8-12-28(13-9-26)36(46)5-4-20-51(48,49)50)37(47)45-35-17-14-29(22-30(35)24-39(42,43)44)32-16-15-31(40)23-34(32)41/h6-19,22-23,33H,4-5,20-21,24H2,1-3H3,(H,45,47)(H,48,49,50)/b19-18+. The smallest absolute Gasteiger partial charge is 0.325 e. The van der Waals surface area contributed by atoms with E-state index in [2.05, 4.69) is 32.2 Å². The molecule has 6 nitrogen and oxygen atoms in total. The number of anilines is 1. The molecule has 0 aliphatic heterocycles. The molecule has 0 aliphatic rings. The number of nitrogens with one attached hydrogen (secondary N) is 1. The van der Waals surface area contributed by atoms with Gasteiger partial charge in [-0.25, -0.2) is 0 Å². The number of carbonyl (C=O) groups is 2. The minimum Gasteiger partial charge on any atom is -0.325 e. The van der Waals surface area contributed by atoms with Crippen LogP contribution in [0.15, 0.2) is 91.0 Å². The van der Waals surface area contributed by atoms with Crippen molar-refractivity contribution in [1.29, 1.82) is 0 Å². The maximum absolute atomic E-state index is 14.0. The van der Waals surface area contributed by atoms with Gasteiger partial charge >= 0.3 is 6.18 Å². The molecule has 1 amide bonds. The summed E-state index contributed by atoms with van der Waals surface area (Å²) in [6, 6.07) is 22.9. The van der Waals surface area contributed by atoms with Crippen LogP contribution in [0.1, 0.15) is 72.1 Å². The third-order valence-corrected chi connectivity index (χ3v) is 9.30. The first-order valence-electron chi connectivity index (χ1n) is 16.1. The average molecular weight is 761 g/mol. The van der Waals surface area contributed by atoms with Crippen molar-refractivity contribution >= 4 is 56.8 Å². The van der Waals surface area contributed by atoms with Gasteiger partial charge in [0, 0.05) is 33.3 Å². The summed E-state index contributed by atoms with van der Waals surface area (Å²) in [6.07, 6.45) is -1.78. The molecule has 270 valence electrons. The van der Waals surface area contributed by atoms with E-state index in [9.17, 15) is 31.2 Å². The highest BCUT2D eigenvalue weighted by Gasteiger charge is 2.30. The van der Waals surface area contributed by atoms with Gasteiger partial charge in [0.15, 0.2) is 5.78 Å². The first-order valence-corrected chi connectivity index (χ1v) is 18.5. The number of hydrogen-bond donors (Lipinski definition) is 2.